The fourth-order valence-electron chi connectivity index (χ4n) is 0.876. The quantitative estimate of drug-likeness (QED) is 0.409. The number of ether oxygens (including phenoxy) is 2. The first kappa shape index (κ1) is 16.2. The lowest BCUT2D eigenvalue weighted by Gasteiger charge is -2.03. The predicted octanol–water partition coefficient (Wildman–Crippen LogP) is -0.429. The molecule has 6 nitrogen and oxygen atoms in total. The van der Waals surface area contributed by atoms with Crippen LogP contribution in [-0.2, 0) is 19.1 Å². The van der Waals surface area contributed by atoms with E-state index in [0.717, 1.165) is 0 Å². The fraction of sp³-hybridized carbons (Fsp3) is 0.800. The van der Waals surface area contributed by atoms with Gasteiger partial charge in [0, 0.05) is 11.5 Å². The van der Waals surface area contributed by atoms with Crippen molar-refractivity contribution >= 4 is 23.7 Å². The number of thioether (sulfide) groups is 1. The van der Waals surface area contributed by atoms with Crippen molar-refractivity contribution in [2.24, 2.45) is 0 Å². The van der Waals surface area contributed by atoms with Crippen LogP contribution >= 0.6 is 11.8 Å². The third-order valence-electron chi connectivity index (χ3n) is 1.61. The second-order valence-electron chi connectivity index (χ2n) is 3.00. The maximum atomic E-state index is 11.0. The van der Waals surface area contributed by atoms with E-state index in [-0.39, 0.29) is 51.2 Å². The highest BCUT2D eigenvalue weighted by Crippen LogP contribution is 2.06. The minimum absolute atomic E-state index is 0.0248. The molecule has 0 saturated heterocycles. The summed E-state index contributed by atoms with van der Waals surface area (Å²) in [4.78, 5) is 21.9. The Kier molecular flexibility index (Phi) is 11.1. The van der Waals surface area contributed by atoms with E-state index < -0.39 is 0 Å². The van der Waals surface area contributed by atoms with Gasteiger partial charge in [0.1, 0.15) is 13.2 Å². The molecule has 0 rings (SSSR count). The molecule has 0 aromatic carbocycles. The van der Waals surface area contributed by atoms with Crippen molar-refractivity contribution in [3.05, 3.63) is 0 Å². The highest BCUT2D eigenvalue weighted by molar-refractivity contribution is 7.99. The first-order chi connectivity index (χ1) is 8.20. The van der Waals surface area contributed by atoms with Crippen molar-refractivity contribution in [3.8, 4) is 0 Å². The van der Waals surface area contributed by atoms with Crippen molar-refractivity contribution in [3.63, 3.8) is 0 Å². The van der Waals surface area contributed by atoms with Gasteiger partial charge in [0.2, 0.25) is 0 Å². The second-order valence-corrected chi connectivity index (χ2v) is 4.23. The van der Waals surface area contributed by atoms with E-state index in [0.29, 0.717) is 11.5 Å². The smallest absolute Gasteiger partial charge is 0.306 e. The molecule has 0 atom stereocenters. The van der Waals surface area contributed by atoms with Crippen molar-refractivity contribution < 1.29 is 29.3 Å². The molecule has 7 heteroatoms. The number of hydrogen-bond donors (Lipinski definition) is 2. The molecule has 0 aromatic heterocycles. The van der Waals surface area contributed by atoms with Gasteiger partial charge in [-0.15, -0.1) is 0 Å². The number of esters is 2. The van der Waals surface area contributed by atoms with Gasteiger partial charge in [-0.3, -0.25) is 9.59 Å². The number of hydrogen-bond acceptors (Lipinski definition) is 7. The van der Waals surface area contributed by atoms with Crippen LogP contribution in [0.15, 0.2) is 0 Å². The maximum absolute atomic E-state index is 11.0. The van der Waals surface area contributed by atoms with Crippen molar-refractivity contribution in [1.82, 2.24) is 0 Å². The van der Waals surface area contributed by atoms with Crippen LogP contribution in [-0.4, -0.2) is 60.1 Å². The molecule has 0 heterocycles. The molecular formula is C10H18O6S. The van der Waals surface area contributed by atoms with Gasteiger partial charge >= 0.3 is 11.9 Å². The van der Waals surface area contributed by atoms with Gasteiger partial charge in [0.25, 0.3) is 0 Å². The average Bonchev–Trinajstić information content (AvgIpc) is 2.33. The lowest BCUT2D eigenvalue weighted by atomic mass is 10.5. The summed E-state index contributed by atoms with van der Waals surface area (Å²) < 4.78 is 9.30. The predicted molar refractivity (Wildman–Crippen MR) is 62.6 cm³/mol. The SMILES string of the molecule is O=C(CCSCCC(=O)OCCO)OCCO. The Morgan fingerprint density at radius 1 is 0.882 bits per heavy atom. The summed E-state index contributed by atoms with van der Waals surface area (Å²) in [6.45, 7) is -0.293. The van der Waals surface area contributed by atoms with Crippen LogP contribution in [0.2, 0.25) is 0 Å². The Labute approximate surface area is 104 Å². The summed E-state index contributed by atoms with van der Waals surface area (Å²) in [6, 6.07) is 0. The van der Waals surface area contributed by atoms with Crippen molar-refractivity contribution in [1.29, 1.82) is 0 Å². The maximum Gasteiger partial charge on any atom is 0.306 e. The van der Waals surface area contributed by atoms with E-state index in [1.165, 1.54) is 11.8 Å². The first-order valence-corrected chi connectivity index (χ1v) is 6.47. The highest BCUT2D eigenvalue weighted by atomic mass is 32.2. The van der Waals surface area contributed by atoms with Gasteiger partial charge in [0.15, 0.2) is 0 Å². The Balaban J connectivity index is 3.28. The van der Waals surface area contributed by atoms with E-state index in [1.54, 1.807) is 0 Å². The van der Waals surface area contributed by atoms with E-state index in [2.05, 4.69) is 9.47 Å². The van der Waals surface area contributed by atoms with Crippen LogP contribution in [0.3, 0.4) is 0 Å². The summed E-state index contributed by atoms with van der Waals surface area (Å²) in [5.41, 5.74) is 0. The van der Waals surface area contributed by atoms with Gasteiger partial charge in [-0.25, -0.2) is 0 Å². The number of carbonyl (C=O) groups excluding carboxylic acids is 2. The summed E-state index contributed by atoms with van der Waals surface area (Å²) in [5, 5.41) is 16.8. The Morgan fingerprint density at radius 2 is 1.29 bits per heavy atom. The molecule has 0 bridgehead atoms. The molecule has 0 aliphatic rings. The lowest BCUT2D eigenvalue weighted by Crippen LogP contribution is -2.10. The molecule has 0 amide bonds. The van der Waals surface area contributed by atoms with Crippen LogP contribution in [0.1, 0.15) is 12.8 Å². The van der Waals surface area contributed by atoms with E-state index in [9.17, 15) is 9.59 Å². The Bertz CT molecular complexity index is 199. The zero-order valence-electron chi connectivity index (χ0n) is 9.59. The standard InChI is InChI=1S/C10H18O6S/c11-3-5-15-9(13)1-7-17-8-2-10(14)16-6-4-12/h11-12H,1-8H2. The molecule has 2 N–H and O–H groups in total. The first-order valence-electron chi connectivity index (χ1n) is 5.31. The lowest BCUT2D eigenvalue weighted by molar-refractivity contribution is -0.144. The van der Waals surface area contributed by atoms with E-state index in [4.69, 9.17) is 10.2 Å². The summed E-state index contributed by atoms with van der Waals surface area (Å²) >= 11 is 1.45. The molecule has 0 spiro atoms. The van der Waals surface area contributed by atoms with Crippen molar-refractivity contribution in [2.45, 2.75) is 12.8 Å². The molecule has 0 aliphatic heterocycles. The largest absolute Gasteiger partial charge is 0.463 e. The molecule has 0 fully saturated rings. The van der Waals surface area contributed by atoms with Gasteiger partial charge in [-0.2, -0.15) is 11.8 Å². The molecule has 0 aromatic rings. The molecule has 17 heavy (non-hydrogen) atoms. The summed E-state index contributed by atoms with van der Waals surface area (Å²) in [6.07, 6.45) is 0.521. The van der Waals surface area contributed by atoms with Gasteiger partial charge in [-0.05, 0) is 0 Å². The molecular weight excluding hydrogens is 248 g/mol. The van der Waals surface area contributed by atoms with Crippen LogP contribution < -0.4 is 0 Å². The van der Waals surface area contributed by atoms with Gasteiger partial charge in [-0.1, -0.05) is 0 Å². The minimum atomic E-state index is -0.352. The highest BCUT2D eigenvalue weighted by Gasteiger charge is 2.04. The van der Waals surface area contributed by atoms with Crippen LogP contribution in [0.5, 0.6) is 0 Å². The van der Waals surface area contributed by atoms with Crippen LogP contribution in [0, 0.1) is 0 Å². The normalized spacial score (nSPS) is 10.0. The molecule has 0 aliphatic carbocycles. The number of carbonyl (C=O) groups is 2. The zero-order chi connectivity index (χ0) is 12.9. The second kappa shape index (κ2) is 11.7. The molecule has 0 unspecified atom stereocenters. The third-order valence-corrected chi connectivity index (χ3v) is 2.60. The topological polar surface area (TPSA) is 93.1 Å². The summed E-state index contributed by atoms with van der Waals surface area (Å²) in [5.74, 6) is 0.429. The van der Waals surface area contributed by atoms with Crippen LogP contribution in [0.4, 0.5) is 0 Å². The summed E-state index contributed by atoms with van der Waals surface area (Å²) in [7, 11) is 0. The number of rotatable bonds is 10. The Hall–Kier alpha value is -0.790. The average molecular weight is 266 g/mol. The van der Waals surface area contributed by atoms with Crippen LogP contribution in [0.25, 0.3) is 0 Å². The Morgan fingerprint density at radius 3 is 1.65 bits per heavy atom. The molecule has 0 saturated carbocycles. The van der Waals surface area contributed by atoms with Gasteiger partial charge in [0.05, 0.1) is 26.1 Å². The zero-order valence-corrected chi connectivity index (χ0v) is 10.4. The molecule has 100 valence electrons. The van der Waals surface area contributed by atoms with E-state index >= 15 is 0 Å². The fourth-order valence-corrected chi connectivity index (χ4v) is 1.70. The monoisotopic (exact) mass is 266 g/mol. The van der Waals surface area contributed by atoms with Crippen molar-refractivity contribution in [2.75, 3.05) is 37.9 Å². The molecule has 0 radical (unpaired) electrons. The van der Waals surface area contributed by atoms with E-state index in [1.807, 2.05) is 0 Å². The number of aliphatic hydroxyl groups excluding tert-OH is 2. The minimum Gasteiger partial charge on any atom is -0.463 e. The third kappa shape index (κ3) is 11.5. The number of aliphatic hydroxyl groups is 2. The van der Waals surface area contributed by atoms with Gasteiger partial charge < -0.3 is 19.7 Å².